The zero-order chi connectivity index (χ0) is 22.3. The summed E-state index contributed by atoms with van der Waals surface area (Å²) in [5.41, 5.74) is 5.07. The number of hydrogen-bond donors (Lipinski definition) is 1. The van der Waals surface area contributed by atoms with Gasteiger partial charge in [-0.1, -0.05) is 44.2 Å². The van der Waals surface area contributed by atoms with Gasteiger partial charge in [0.1, 0.15) is 15.7 Å². The molecule has 0 fully saturated rings. The Hall–Kier alpha value is -1.43. The third kappa shape index (κ3) is 7.57. The van der Waals surface area contributed by atoms with Crippen LogP contribution >= 0.6 is 12.4 Å². The van der Waals surface area contributed by atoms with Crippen LogP contribution in [0.2, 0.25) is 0 Å². The molecule has 178 valence electrons. The zero-order valence-electron chi connectivity index (χ0n) is 19.3. The topological polar surface area (TPSA) is 46.2 Å². The molecular weight excluding hydrogens is 445 g/mol. The van der Waals surface area contributed by atoms with Crippen LogP contribution in [0.25, 0.3) is 0 Å². The Morgan fingerprint density at radius 1 is 1.03 bits per heavy atom. The lowest BCUT2D eigenvalue weighted by atomic mass is 9.75. The van der Waals surface area contributed by atoms with Gasteiger partial charge in [0.05, 0.1) is 5.75 Å². The molecule has 0 bridgehead atoms. The lowest BCUT2D eigenvalue weighted by Crippen LogP contribution is -2.39. The predicted octanol–water partition coefficient (Wildman–Crippen LogP) is 5.65. The van der Waals surface area contributed by atoms with Crippen molar-refractivity contribution in [3.8, 4) is 0 Å². The molecule has 0 aromatic heterocycles. The van der Waals surface area contributed by atoms with Crippen LogP contribution in [0.3, 0.4) is 0 Å². The van der Waals surface area contributed by atoms with E-state index in [4.69, 9.17) is 0 Å². The van der Waals surface area contributed by atoms with Gasteiger partial charge < -0.3 is 5.32 Å². The maximum absolute atomic E-state index is 13.8. The van der Waals surface area contributed by atoms with Crippen molar-refractivity contribution in [2.24, 2.45) is 0 Å². The van der Waals surface area contributed by atoms with Crippen molar-refractivity contribution in [1.82, 2.24) is 5.32 Å². The van der Waals surface area contributed by atoms with Crippen molar-refractivity contribution in [3.05, 3.63) is 70.5 Å². The molecule has 0 saturated heterocycles. The summed E-state index contributed by atoms with van der Waals surface area (Å²) in [6.07, 6.45) is 6.15. The second-order valence-corrected chi connectivity index (χ2v) is 11.1. The Kier molecular flexibility index (Phi) is 10.7. The van der Waals surface area contributed by atoms with Crippen molar-refractivity contribution in [1.29, 1.82) is 0 Å². The van der Waals surface area contributed by atoms with Gasteiger partial charge in [-0.15, -0.1) is 12.4 Å². The number of hydrogen-bond acceptors (Lipinski definition) is 3. The molecule has 3 nitrogen and oxygen atoms in total. The molecule has 0 heterocycles. The summed E-state index contributed by atoms with van der Waals surface area (Å²) in [6, 6.07) is 14.1. The number of nitrogens with one attached hydrogen (secondary N) is 1. The molecule has 1 N–H and O–H groups in total. The Bertz CT molecular complexity index is 964. The monoisotopic (exact) mass is 481 g/mol. The van der Waals surface area contributed by atoms with Gasteiger partial charge in [-0.05, 0) is 85.9 Å². The predicted molar refractivity (Wildman–Crippen MR) is 134 cm³/mol. The van der Waals surface area contributed by atoms with E-state index in [1.165, 1.54) is 22.8 Å². The van der Waals surface area contributed by atoms with Gasteiger partial charge in [-0.25, -0.2) is 12.8 Å². The average Bonchev–Trinajstić information content (AvgIpc) is 2.73. The van der Waals surface area contributed by atoms with Crippen molar-refractivity contribution >= 4 is 22.2 Å². The number of aryl methyl sites for hydroxylation is 2. The van der Waals surface area contributed by atoms with Crippen molar-refractivity contribution < 1.29 is 12.8 Å². The maximum atomic E-state index is 13.8. The van der Waals surface area contributed by atoms with Crippen LogP contribution in [0.1, 0.15) is 67.7 Å². The SMILES string of the molecule is CCCS(=O)(=O)CCCCc1ccc2c(c1)C(Cc1cccc(F)c1)C(NCC)CC2.Cl. The van der Waals surface area contributed by atoms with Crippen LogP contribution in [-0.2, 0) is 29.1 Å². The van der Waals surface area contributed by atoms with Crippen molar-refractivity contribution in [2.45, 2.75) is 70.8 Å². The van der Waals surface area contributed by atoms with E-state index in [9.17, 15) is 12.8 Å². The summed E-state index contributed by atoms with van der Waals surface area (Å²) in [6.45, 7) is 4.97. The van der Waals surface area contributed by atoms with Crippen molar-refractivity contribution in [3.63, 3.8) is 0 Å². The van der Waals surface area contributed by atoms with Crippen molar-refractivity contribution in [2.75, 3.05) is 18.1 Å². The largest absolute Gasteiger partial charge is 0.314 e. The number of rotatable bonds is 11. The molecule has 2 aromatic carbocycles. The van der Waals surface area contributed by atoms with E-state index >= 15 is 0 Å². The Balaban J connectivity index is 0.00000363. The van der Waals surface area contributed by atoms with Crippen LogP contribution < -0.4 is 5.32 Å². The zero-order valence-corrected chi connectivity index (χ0v) is 20.9. The van der Waals surface area contributed by atoms with E-state index in [0.717, 1.165) is 44.2 Å². The smallest absolute Gasteiger partial charge is 0.150 e. The lowest BCUT2D eigenvalue weighted by molar-refractivity contribution is 0.391. The fourth-order valence-electron chi connectivity index (χ4n) is 4.84. The second-order valence-electron chi connectivity index (χ2n) is 8.79. The summed E-state index contributed by atoms with van der Waals surface area (Å²) in [5, 5.41) is 3.65. The van der Waals surface area contributed by atoms with Gasteiger partial charge in [-0.2, -0.15) is 0 Å². The van der Waals surface area contributed by atoms with E-state index in [2.05, 4.69) is 30.4 Å². The highest BCUT2D eigenvalue weighted by Crippen LogP contribution is 2.35. The van der Waals surface area contributed by atoms with Gasteiger partial charge in [0.2, 0.25) is 0 Å². The average molecular weight is 482 g/mol. The molecule has 2 unspecified atom stereocenters. The lowest BCUT2D eigenvalue weighted by Gasteiger charge is -2.35. The summed E-state index contributed by atoms with van der Waals surface area (Å²) in [7, 11) is -2.90. The molecule has 0 amide bonds. The molecule has 0 saturated carbocycles. The number of unbranched alkanes of at least 4 members (excludes halogenated alkanes) is 1. The molecule has 2 atom stereocenters. The highest BCUT2D eigenvalue weighted by molar-refractivity contribution is 7.91. The first kappa shape index (κ1) is 26.8. The molecule has 0 radical (unpaired) electrons. The standard InChI is InChI=1S/C26H36FNO2S.ClH/c1-3-15-31(29,30)16-6-5-8-20-11-12-22-13-14-26(28-4-2)25(24(22)18-20)19-21-9-7-10-23(27)17-21;/h7,9-12,17-18,25-26,28H,3-6,8,13-16,19H2,1-2H3;1H. The fraction of sp³-hybridized carbons (Fsp3) is 0.538. The molecule has 6 heteroatoms. The molecular formula is C26H37ClFNO2S. The van der Waals surface area contributed by atoms with E-state index in [1.54, 1.807) is 12.1 Å². The summed E-state index contributed by atoms with van der Waals surface area (Å²) >= 11 is 0. The summed E-state index contributed by atoms with van der Waals surface area (Å²) in [4.78, 5) is 0. The van der Waals surface area contributed by atoms with Gasteiger partial charge >= 0.3 is 0 Å². The van der Waals surface area contributed by atoms with Gasteiger partial charge in [-0.3, -0.25) is 0 Å². The summed E-state index contributed by atoms with van der Waals surface area (Å²) < 4.78 is 37.6. The normalized spacial score (nSPS) is 18.1. The quantitative estimate of drug-likeness (QED) is 0.422. The van der Waals surface area contributed by atoms with Gasteiger partial charge in [0, 0.05) is 17.7 Å². The highest BCUT2D eigenvalue weighted by atomic mass is 35.5. The molecule has 32 heavy (non-hydrogen) atoms. The van der Waals surface area contributed by atoms with Gasteiger partial charge in [0.25, 0.3) is 0 Å². The maximum Gasteiger partial charge on any atom is 0.150 e. The minimum absolute atomic E-state index is 0. The Labute approximate surface area is 199 Å². The number of fused-ring (bicyclic) bond motifs is 1. The number of likely N-dealkylation sites (N-methyl/N-ethyl adjacent to an activating group) is 1. The van der Waals surface area contributed by atoms with Crippen LogP contribution in [0.15, 0.2) is 42.5 Å². The van der Waals surface area contributed by atoms with Crippen LogP contribution in [0, 0.1) is 5.82 Å². The minimum atomic E-state index is -2.90. The second kappa shape index (κ2) is 12.7. The summed E-state index contributed by atoms with van der Waals surface area (Å²) in [5.74, 6) is 0.714. The molecule has 1 aliphatic carbocycles. The van der Waals surface area contributed by atoms with E-state index in [-0.39, 0.29) is 24.0 Å². The molecule has 2 aromatic rings. The fourth-order valence-corrected chi connectivity index (χ4v) is 6.31. The highest BCUT2D eigenvalue weighted by Gasteiger charge is 2.29. The van der Waals surface area contributed by atoms with Crippen LogP contribution in [0.5, 0.6) is 0 Å². The first-order valence-electron chi connectivity index (χ1n) is 11.7. The third-order valence-electron chi connectivity index (χ3n) is 6.32. The molecule has 3 rings (SSSR count). The first-order chi connectivity index (χ1) is 14.9. The number of halogens is 2. The van der Waals surface area contributed by atoms with Gasteiger partial charge in [0.15, 0.2) is 0 Å². The minimum Gasteiger partial charge on any atom is -0.314 e. The van der Waals surface area contributed by atoms with E-state index < -0.39 is 9.84 Å². The Morgan fingerprint density at radius 3 is 2.56 bits per heavy atom. The first-order valence-corrected chi connectivity index (χ1v) is 13.5. The molecule has 1 aliphatic rings. The van der Waals surface area contributed by atoms with Crippen LogP contribution in [0.4, 0.5) is 4.39 Å². The number of sulfone groups is 1. The number of benzene rings is 2. The molecule has 0 spiro atoms. The Morgan fingerprint density at radius 2 is 1.84 bits per heavy atom. The van der Waals surface area contributed by atoms with Crippen LogP contribution in [-0.4, -0.2) is 32.5 Å². The van der Waals surface area contributed by atoms with E-state index in [1.807, 2.05) is 13.0 Å². The molecule has 0 aliphatic heterocycles. The van der Waals surface area contributed by atoms with E-state index in [0.29, 0.717) is 30.6 Å². The third-order valence-corrected chi connectivity index (χ3v) is 8.26.